The molecule has 0 unspecified atom stereocenters. The van der Waals surface area contributed by atoms with Gasteiger partial charge in [0.15, 0.2) is 5.13 Å². The van der Waals surface area contributed by atoms with Gasteiger partial charge in [0.2, 0.25) is 5.91 Å². The molecule has 12 heavy (non-hydrogen) atoms. The molecule has 0 radical (unpaired) electrons. The van der Waals surface area contributed by atoms with E-state index in [0.29, 0.717) is 5.13 Å². The van der Waals surface area contributed by atoms with Crippen molar-refractivity contribution in [2.75, 3.05) is 11.9 Å². The predicted molar refractivity (Wildman–Crippen MR) is 52.0 cm³/mol. The number of aromatic nitrogens is 1. The fraction of sp³-hybridized carbons (Fsp3) is 0.286. The highest BCUT2D eigenvalue weighted by molar-refractivity contribution is 7.73. The van der Waals surface area contributed by atoms with Gasteiger partial charge in [0, 0.05) is 20.2 Å². The van der Waals surface area contributed by atoms with Crippen molar-refractivity contribution in [3.63, 3.8) is 0 Å². The molecule has 0 aromatic carbocycles. The van der Waals surface area contributed by atoms with Crippen molar-refractivity contribution in [1.29, 1.82) is 0 Å². The molecule has 0 spiro atoms. The van der Waals surface area contributed by atoms with Crippen molar-refractivity contribution in [2.24, 2.45) is 0 Å². The SMILES string of the molecule is CC(=O)N(C)c1nccc(=S)s1. The standard InChI is InChI=1S/C7H8N2OS2/c1-5(10)9(2)7-8-4-3-6(11)12-7/h3-4H,1-2H3. The van der Waals surface area contributed by atoms with Gasteiger partial charge in [0.25, 0.3) is 0 Å². The number of hydrogen-bond acceptors (Lipinski definition) is 4. The summed E-state index contributed by atoms with van der Waals surface area (Å²) in [6.45, 7) is 1.49. The van der Waals surface area contributed by atoms with Crippen LogP contribution in [0.2, 0.25) is 0 Å². The van der Waals surface area contributed by atoms with Crippen molar-refractivity contribution in [2.45, 2.75) is 6.92 Å². The van der Waals surface area contributed by atoms with Gasteiger partial charge >= 0.3 is 0 Å². The van der Waals surface area contributed by atoms with E-state index in [4.69, 9.17) is 12.2 Å². The minimum Gasteiger partial charge on any atom is -0.291 e. The first-order chi connectivity index (χ1) is 5.61. The maximum atomic E-state index is 10.9. The molecule has 0 fully saturated rings. The van der Waals surface area contributed by atoms with Crippen LogP contribution in [0.25, 0.3) is 0 Å². The zero-order valence-electron chi connectivity index (χ0n) is 6.77. The summed E-state index contributed by atoms with van der Waals surface area (Å²) in [6.07, 6.45) is 1.60. The molecule has 0 N–H and O–H groups in total. The second-order valence-electron chi connectivity index (χ2n) is 2.23. The zero-order chi connectivity index (χ0) is 9.14. The molecule has 1 heterocycles. The Morgan fingerprint density at radius 3 is 2.92 bits per heavy atom. The van der Waals surface area contributed by atoms with Crippen LogP contribution in [-0.4, -0.2) is 17.9 Å². The van der Waals surface area contributed by atoms with Gasteiger partial charge in [-0.1, -0.05) is 23.6 Å². The Morgan fingerprint density at radius 2 is 2.42 bits per heavy atom. The summed E-state index contributed by atoms with van der Waals surface area (Å²) >= 11 is 6.27. The average molecular weight is 200 g/mol. The lowest BCUT2D eigenvalue weighted by Crippen LogP contribution is -2.22. The summed E-state index contributed by atoms with van der Waals surface area (Å²) in [4.78, 5) is 16.4. The van der Waals surface area contributed by atoms with Crippen molar-refractivity contribution < 1.29 is 4.79 Å². The highest BCUT2D eigenvalue weighted by atomic mass is 32.1. The van der Waals surface area contributed by atoms with Crippen molar-refractivity contribution in [3.8, 4) is 0 Å². The summed E-state index contributed by atoms with van der Waals surface area (Å²) in [6, 6.07) is 1.73. The lowest BCUT2D eigenvalue weighted by molar-refractivity contribution is -0.116. The second kappa shape index (κ2) is 3.73. The quantitative estimate of drug-likeness (QED) is 0.649. The molecule has 1 rings (SSSR count). The number of nitrogens with zero attached hydrogens (tertiary/aromatic N) is 2. The van der Waals surface area contributed by atoms with Crippen LogP contribution >= 0.6 is 23.6 Å². The Bertz CT molecular complexity index is 347. The fourth-order valence-electron chi connectivity index (χ4n) is 0.602. The molecule has 0 atom stereocenters. The molecular formula is C7H8N2OS2. The third kappa shape index (κ3) is 2.09. The van der Waals surface area contributed by atoms with Crippen LogP contribution in [0.4, 0.5) is 5.13 Å². The van der Waals surface area contributed by atoms with Crippen LogP contribution in [0.1, 0.15) is 6.92 Å². The first-order valence-electron chi connectivity index (χ1n) is 3.31. The van der Waals surface area contributed by atoms with E-state index in [0.717, 1.165) is 3.82 Å². The van der Waals surface area contributed by atoms with Crippen molar-refractivity contribution in [1.82, 2.24) is 4.98 Å². The van der Waals surface area contributed by atoms with Gasteiger partial charge in [-0.3, -0.25) is 9.69 Å². The van der Waals surface area contributed by atoms with Crippen LogP contribution in [0.3, 0.4) is 0 Å². The highest BCUT2D eigenvalue weighted by Gasteiger charge is 2.06. The lowest BCUT2D eigenvalue weighted by atomic mass is 10.6. The van der Waals surface area contributed by atoms with Crippen LogP contribution in [-0.2, 0) is 4.79 Å². The number of rotatable bonds is 1. The molecule has 3 nitrogen and oxygen atoms in total. The van der Waals surface area contributed by atoms with E-state index in [1.54, 1.807) is 19.3 Å². The first-order valence-corrected chi connectivity index (χ1v) is 4.54. The maximum Gasteiger partial charge on any atom is 0.225 e. The van der Waals surface area contributed by atoms with Gasteiger partial charge in [-0.25, -0.2) is 4.98 Å². The molecule has 64 valence electrons. The zero-order valence-corrected chi connectivity index (χ0v) is 8.41. The van der Waals surface area contributed by atoms with Crippen LogP contribution in [0.5, 0.6) is 0 Å². The largest absolute Gasteiger partial charge is 0.291 e. The van der Waals surface area contributed by atoms with E-state index in [1.807, 2.05) is 0 Å². The summed E-state index contributed by atoms with van der Waals surface area (Å²) in [5, 5.41) is 0.634. The minimum absolute atomic E-state index is 0.0423. The first kappa shape index (κ1) is 9.28. The van der Waals surface area contributed by atoms with Gasteiger partial charge in [0.1, 0.15) is 0 Å². The lowest BCUT2D eigenvalue weighted by Gasteiger charge is -2.11. The Kier molecular flexibility index (Phi) is 2.88. The van der Waals surface area contributed by atoms with E-state index >= 15 is 0 Å². The maximum absolute atomic E-state index is 10.9. The van der Waals surface area contributed by atoms with Crippen LogP contribution in [0.15, 0.2) is 12.3 Å². The molecule has 0 aliphatic heterocycles. The summed E-state index contributed by atoms with van der Waals surface area (Å²) in [5.41, 5.74) is 0. The molecule has 0 aliphatic rings. The molecule has 5 heteroatoms. The van der Waals surface area contributed by atoms with Crippen molar-refractivity contribution in [3.05, 3.63) is 16.1 Å². The van der Waals surface area contributed by atoms with E-state index < -0.39 is 0 Å². The fourth-order valence-corrected chi connectivity index (χ4v) is 1.57. The molecular weight excluding hydrogens is 192 g/mol. The van der Waals surface area contributed by atoms with Crippen molar-refractivity contribution >= 4 is 34.6 Å². The minimum atomic E-state index is -0.0423. The molecule has 0 bridgehead atoms. The summed E-state index contributed by atoms with van der Waals surface area (Å²) < 4.78 is 0.730. The van der Waals surface area contributed by atoms with Gasteiger partial charge < -0.3 is 0 Å². The smallest absolute Gasteiger partial charge is 0.225 e. The van der Waals surface area contributed by atoms with Crippen LogP contribution < -0.4 is 4.90 Å². The van der Waals surface area contributed by atoms with Gasteiger partial charge in [-0.05, 0) is 6.07 Å². The Balaban J connectivity index is 3.03. The number of anilines is 1. The molecule has 1 aromatic heterocycles. The number of hydrogen-bond donors (Lipinski definition) is 0. The van der Waals surface area contributed by atoms with E-state index in [9.17, 15) is 4.79 Å². The highest BCUT2D eigenvalue weighted by Crippen LogP contribution is 2.15. The molecule has 1 amide bonds. The van der Waals surface area contributed by atoms with Gasteiger partial charge in [-0.15, -0.1) is 0 Å². The number of carbonyl (C=O) groups is 1. The normalized spacial score (nSPS) is 9.50. The molecule has 0 aliphatic carbocycles. The Labute approximate surface area is 79.7 Å². The van der Waals surface area contributed by atoms with E-state index in [-0.39, 0.29) is 5.91 Å². The molecule has 0 saturated heterocycles. The van der Waals surface area contributed by atoms with Gasteiger partial charge in [0.05, 0.1) is 3.82 Å². The third-order valence-corrected chi connectivity index (χ3v) is 2.63. The van der Waals surface area contributed by atoms with E-state index in [1.165, 1.54) is 23.2 Å². The van der Waals surface area contributed by atoms with E-state index in [2.05, 4.69) is 4.98 Å². The average Bonchev–Trinajstić information content (AvgIpc) is 2.03. The Hall–Kier alpha value is -0.810. The van der Waals surface area contributed by atoms with Gasteiger partial charge in [-0.2, -0.15) is 0 Å². The summed E-state index contributed by atoms with van der Waals surface area (Å²) in [7, 11) is 1.68. The number of carbonyl (C=O) groups excluding carboxylic acids is 1. The predicted octanol–water partition coefficient (Wildman–Crippen LogP) is 1.86. The third-order valence-electron chi connectivity index (χ3n) is 1.35. The molecule has 1 aromatic rings. The Morgan fingerprint density at radius 1 is 1.75 bits per heavy atom. The second-order valence-corrected chi connectivity index (χ2v) is 3.93. The summed E-state index contributed by atoms with van der Waals surface area (Å²) in [5.74, 6) is -0.0423. The monoisotopic (exact) mass is 200 g/mol. The molecule has 0 saturated carbocycles. The topological polar surface area (TPSA) is 33.2 Å². The number of amides is 1. The van der Waals surface area contributed by atoms with Crippen LogP contribution in [0, 0.1) is 3.82 Å².